The van der Waals surface area contributed by atoms with Crippen LogP contribution in [0.1, 0.15) is 0 Å². The van der Waals surface area contributed by atoms with Crippen LogP contribution in [0.2, 0.25) is 0 Å². The Bertz CT molecular complexity index is 666. The predicted octanol–water partition coefficient (Wildman–Crippen LogP) is 1.31. The number of rotatable bonds is 4. The number of fused-ring (bicyclic) bond motifs is 1. The lowest BCUT2D eigenvalue weighted by Crippen LogP contribution is -2.14. The largest absolute Gasteiger partial charge is 0.310 e. The first-order valence-corrected chi connectivity index (χ1v) is 7.12. The summed E-state index contributed by atoms with van der Waals surface area (Å²) in [6.45, 7) is 0. The summed E-state index contributed by atoms with van der Waals surface area (Å²) in [5, 5.41) is 14.5. The SMILES string of the molecule is O=C(CSc1nn2cnnc2s1)Nc1ccccn1. The Morgan fingerprint density at radius 3 is 3.21 bits per heavy atom. The minimum absolute atomic E-state index is 0.116. The van der Waals surface area contributed by atoms with Crippen molar-refractivity contribution in [2.45, 2.75) is 4.34 Å². The highest BCUT2D eigenvalue weighted by Crippen LogP contribution is 2.23. The van der Waals surface area contributed by atoms with Crippen molar-refractivity contribution in [3.05, 3.63) is 30.7 Å². The highest BCUT2D eigenvalue weighted by Gasteiger charge is 2.09. The van der Waals surface area contributed by atoms with Gasteiger partial charge in [-0.3, -0.25) is 4.79 Å². The smallest absolute Gasteiger partial charge is 0.235 e. The van der Waals surface area contributed by atoms with E-state index in [0.29, 0.717) is 10.8 Å². The number of thioether (sulfide) groups is 1. The van der Waals surface area contributed by atoms with Crippen LogP contribution in [0.3, 0.4) is 0 Å². The van der Waals surface area contributed by atoms with Crippen molar-refractivity contribution < 1.29 is 4.79 Å². The number of carbonyl (C=O) groups excluding carboxylic acids is 1. The lowest BCUT2D eigenvalue weighted by atomic mass is 10.4. The third kappa shape index (κ3) is 2.88. The summed E-state index contributed by atoms with van der Waals surface area (Å²) in [6, 6.07) is 5.36. The van der Waals surface area contributed by atoms with Gasteiger partial charge in [-0.2, -0.15) is 4.52 Å². The molecule has 19 heavy (non-hydrogen) atoms. The van der Waals surface area contributed by atoms with Crippen molar-refractivity contribution in [2.75, 3.05) is 11.1 Å². The van der Waals surface area contributed by atoms with Gasteiger partial charge in [0.15, 0.2) is 4.34 Å². The van der Waals surface area contributed by atoms with E-state index in [1.165, 1.54) is 29.4 Å². The van der Waals surface area contributed by atoms with Crippen LogP contribution in [-0.4, -0.2) is 36.5 Å². The molecule has 0 aliphatic heterocycles. The van der Waals surface area contributed by atoms with E-state index >= 15 is 0 Å². The molecular formula is C10H8N6OS2. The predicted molar refractivity (Wildman–Crippen MR) is 72.2 cm³/mol. The van der Waals surface area contributed by atoms with Crippen molar-refractivity contribution in [2.24, 2.45) is 0 Å². The molecule has 7 nitrogen and oxygen atoms in total. The van der Waals surface area contributed by atoms with Crippen molar-refractivity contribution in [1.82, 2.24) is 24.8 Å². The van der Waals surface area contributed by atoms with Gasteiger partial charge in [-0.25, -0.2) is 4.98 Å². The first-order valence-electron chi connectivity index (χ1n) is 5.32. The zero-order valence-corrected chi connectivity index (χ0v) is 11.2. The van der Waals surface area contributed by atoms with Crippen LogP contribution in [-0.2, 0) is 4.79 Å². The number of hydrogen-bond acceptors (Lipinski definition) is 7. The Hall–Kier alpha value is -2.00. The second kappa shape index (κ2) is 5.33. The summed E-state index contributed by atoms with van der Waals surface area (Å²) in [7, 11) is 0. The summed E-state index contributed by atoms with van der Waals surface area (Å²) in [6.07, 6.45) is 3.16. The molecule has 3 heterocycles. The van der Waals surface area contributed by atoms with Crippen LogP contribution < -0.4 is 5.32 Å². The van der Waals surface area contributed by atoms with Crippen molar-refractivity contribution in [1.29, 1.82) is 0 Å². The standard InChI is InChI=1S/C10H8N6OS2/c17-8(13-7-3-1-2-4-11-7)5-18-10-15-16-6-12-14-9(16)19-10/h1-4,6H,5H2,(H,11,13,17). The second-order valence-corrected chi connectivity index (χ2v) is 5.66. The molecule has 9 heteroatoms. The van der Waals surface area contributed by atoms with E-state index in [1.54, 1.807) is 22.8 Å². The van der Waals surface area contributed by atoms with Crippen LogP contribution in [0.25, 0.3) is 4.96 Å². The fourth-order valence-corrected chi connectivity index (χ4v) is 3.01. The minimum atomic E-state index is -0.116. The lowest BCUT2D eigenvalue weighted by molar-refractivity contribution is -0.113. The molecule has 0 saturated heterocycles. The molecule has 0 bridgehead atoms. The molecule has 1 amide bonds. The molecule has 0 aromatic carbocycles. The van der Waals surface area contributed by atoms with E-state index in [1.807, 2.05) is 6.07 Å². The highest BCUT2D eigenvalue weighted by molar-refractivity contribution is 8.01. The zero-order chi connectivity index (χ0) is 13.1. The first-order chi connectivity index (χ1) is 9.31. The van der Waals surface area contributed by atoms with Gasteiger partial charge in [0.05, 0.1) is 5.75 Å². The Kier molecular flexibility index (Phi) is 3.38. The number of aromatic nitrogens is 5. The maximum atomic E-state index is 11.7. The average Bonchev–Trinajstić information content (AvgIpc) is 2.98. The van der Waals surface area contributed by atoms with Crippen molar-refractivity contribution in [3.8, 4) is 0 Å². The number of nitrogens with zero attached hydrogens (tertiary/aromatic N) is 5. The van der Waals surface area contributed by atoms with Crippen molar-refractivity contribution >= 4 is 39.8 Å². The molecule has 0 aliphatic carbocycles. The molecule has 3 rings (SSSR count). The number of nitrogens with one attached hydrogen (secondary N) is 1. The van der Waals surface area contributed by atoms with E-state index in [9.17, 15) is 4.79 Å². The van der Waals surface area contributed by atoms with E-state index in [2.05, 4.69) is 25.6 Å². The number of anilines is 1. The number of hydrogen-bond donors (Lipinski definition) is 1. The monoisotopic (exact) mass is 292 g/mol. The third-order valence-electron chi connectivity index (χ3n) is 2.13. The minimum Gasteiger partial charge on any atom is -0.310 e. The molecule has 0 atom stereocenters. The Labute approximate surface area is 116 Å². The molecule has 0 spiro atoms. The van der Waals surface area contributed by atoms with Crippen LogP contribution in [0.15, 0.2) is 35.1 Å². The zero-order valence-electron chi connectivity index (χ0n) is 9.55. The fourth-order valence-electron chi connectivity index (χ4n) is 1.34. The van der Waals surface area contributed by atoms with Gasteiger partial charge in [-0.05, 0) is 12.1 Å². The molecule has 0 fully saturated rings. The molecule has 3 aromatic rings. The topological polar surface area (TPSA) is 85.1 Å². The molecule has 0 aliphatic rings. The molecule has 1 N–H and O–H groups in total. The third-order valence-corrected chi connectivity index (χ3v) is 4.17. The molecule has 0 unspecified atom stereocenters. The average molecular weight is 292 g/mol. The molecular weight excluding hydrogens is 284 g/mol. The van der Waals surface area contributed by atoms with Gasteiger partial charge in [0.1, 0.15) is 12.1 Å². The first kappa shape index (κ1) is 12.1. The molecule has 96 valence electrons. The molecule has 3 aromatic heterocycles. The van der Waals surface area contributed by atoms with Crippen molar-refractivity contribution in [3.63, 3.8) is 0 Å². The van der Waals surface area contributed by atoms with E-state index in [0.717, 1.165) is 4.34 Å². The van der Waals surface area contributed by atoms with Gasteiger partial charge in [0.25, 0.3) is 0 Å². The summed E-state index contributed by atoms with van der Waals surface area (Å²) in [4.78, 5) is 16.4. The summed E-state index contributed by atoms with van der Waals surface area (Å²) in [5.41, 5.74) is 0. The van der Waals surface area contributed by atoms with Gasteiger partial charge in [0, 0.05) is 6.20 Å². The Morgan fingerprint density at radius 2 is 2.42 bits per heavy atom. The Morgan fingerprint density at radius 1 is 1.47 bits per heavy atom. The number of carbonyl (C=O) groups is 1. The maximum absolute atomic E-state index is 11.7. The van der Waals surface area contributed by atoms with Crippen LogP contribution in [0.4, 0.5) is 5.82 Å². The number of pyridine rings is 1. The van der Waals surface area contributed by atoms with Gasteiger partial charge >= 0.3 is 0 Å². The summed E-state index contributed by atoms with van der Waals surface area (Å²) >= 11 is 2.75. The van der Waals surface area contributed by atoms with E-state index in [-0.39, 0.29) is 11.7 Å². The van der Waals surface area contributed by atoms with Crippen LogP contribution in [0, 0.1) is 0 Å². The quantitative estimate of drug-likeness (QED) is 0.730. The molecule has 0 radical (unpaired) electrons. The maximum Gasteiger partial charge on any atom is 0.235 e. The van der Waals surface area contributed by atoms with Gasteiger partial charge < -0.3 is 5.32 Å². The summed E-state index contributed by atoms with van der Waals surface area (Å²) < 4.78 is 2.37. The van der Waals surface area contributed by atoms with E-state index < -0.39 is 0 Å². The Balaban J connectivity index is 1.57. The normalized spacial score (nSPS) is 10.7. The van der Waals surface area contributed by atoms with E-state index in [4.69, 9.17) is 0 Å². The summed E-state index contributed by atoms with van der Waals surface area (Å²) in [5.74, 6) is 0.710. The highest BCUT2D eigenvalue weighted by atomic mass is 32.2. The van der Waals surface area contributed by atoms with Gasteiger partial charge in [0.2, 0.25) is 10.9 Å². The van der Waals surface area contributed by atoms with Crippen LogP contribution in [0.5, 0.6) is 0 Å². The fraction of sp³-hybridized carbons (Fsp3) is 0.100. The second-order valence-electron chi connectivity index (χ2n) is 3.48. The van der Waals surface area contributed by atoms with Crippen LogP contribution >= 0.6 is 23.1 Å². The van der Waals surface area contributed by atoms with Gasteiger partial charge in [-0.1, -0.05) is 29.2 Å². The number of amides is 1. The molecule has 0 saturated carbocycles. The van der Waals surface area contributed by atoms with Gasteiger partial charge in [-0.15, -0.1) is 15.3 Å². The lowest BCUT2D eigenvalue weighted by Gasteiger charge is -2.01.